The number of nitrogens with one attached hydrogen (secondary N) is 3. The Balaban J connectivity index is 1.27. The minimum absolute atomic E-state index is 0.0209. The van der Waals surface area contributed by atoms with Gasteiger partial charge < -0.3 is 10.2 Å². The second-order valence-corrected chi connectivity index (χ2v) is 7.20. The van der Waals surface area contributed by atoms with Crippen LogP contribution in [0, 0.1) is 6.92 Å². The van der Waals surface area contributed by atoms with Crippen LogP contribution in [0.2, 0.25) is 0 Å². The predicted molar refractivity (Wildman–Crippen MR) is 105 cm³/mol. The van der Waals surface area contributed by atoms with Crippen LogP contribution in [0.1, 0.15) is 23.6 Å². The number of rotatable bonds is 3. The zero-order chi connectivity index (χ0) is 18.6. The van der Waals surface area contributed by atoms with Crippen molar-refractivity contribution >= 4 is 11.7 Å². The van der Waals surface area contributed by atoms with E-state index in [0.29, 0.717) is 6.04 Å². The van der Waals surface area contributed by atoms with Crippen LogP contribution in [0.3, 0.4) is 0 Å². The van der Waals surface area contributed by atoms with Gasteiger partial charge in [0.15, 0.2) is 0 Å². The normalized spacial score (nSPS) is 23.4. The van der Waals surface area contributed by atoms with Crippen molar-refractivity contribution in [3.8, 4) is 0 Å². The molecule has 27 heavy (non-hydrogen) atoms. The van der Waals surface area contributed by atoms with Gasteiger partial charge in [-0.1, -0.05) is 12.1 Å². The van der Waals surface area contributed by atoms with Gasteiger partial charge in [0.1, 0.15) is 0 Å². The lowest BCUT2D eigenvalue weighted by atomic mass is 10.1. The molecule has 1 aromatic carbocycles. The maximum atomic E-state index is 12.5. The average molecular weight is 366 g/mol. The van der Waals surface area contributed by atoms with Crippen LogP contribution in [0.4, 0.5) is 10.5 Å². The van der Waals surface area contributed by atoms with E-state index in [4.69, 9.17) is 0 Å². The maximum Gasteiger partial charge on any atom is 0.321 e. The molecule has 0 spiro atoms. The number of piperazine rings is 1. The number of pyridine rings is 1. The number of hydrogen-bond donors (Lipinski definition) is 3. The molecule has 0 bridgehead atoms. The molecular weight excluding hydrogens is 340 g/mol. The van der Waals surface area contributed by atoms with Crippen molar-refractivity contribution in [1.82, 2.24) is 25.6 Å². The molecule has 2 unspecified atom stereocenters. The number of anilines is 1. The van der Waals surface area contributed by atoms with Crippen molar-refractivity contribution in [3.05, 3.63) is 59.9 Å². The molecule has 1 aromatic heterocycles. The number of aromatic nitrogens is 1. The standard InChI is InChI=1S/C20H26N6O/c1-15-3-2-4-17(13-15)22-20(27)26-11-9-25(10-12-26)19-14-18(23-24-19)16-5-7-21-8-6-16/h2-8,13,18-19,23-24H,9-12,14H2,1H3,(H,22,27). The highest BCUT2D eigenvalue weighted by molar-refractivity contribution is 5.89. The number of carbonyl (C=O) groups excluding carboxylic acids is 1. The molecule has 2 aromatic rings. The molecule has 2 saturated heterocycles. The molecule has 7 nitrogen and oxygen atoms in total. The molecule has 2 aliphatic rings. The summed E-state index contributed by atoms with van der Waals surface area (Å²) >= 11 is 0. The van der Waals surface area contributed by atoms with Gasteiger partial charge in [-0.25, -0.2) is 15.6 Å². The van der Waals surface area contributed by atoms with E-state index in [1.54, 1.807) is 0 Å². The van der Waals surface area contributed by atoms with E-state index in [1.807, 2.05) is 48.5 Å². The number of aryl methyl sites for hydroxylation is 1. The summed E-state index contributed by atoms with van der Waals surface area (Å²) < 4.78 is 0. The van der Waals surface area contributed by atoms with Crippen molar-refractivity contribution < 1.29 is 4.79 Å². The summed E-state index contributed by atoms with van der Waals surface area (Å²) in [5.74, 6) is 0. The fourth-order valence-electron chi connectivity index (χ4n) is 3.76. The Bertz CT molecular complexity index is 775. The molecule has 2 atom stereocenters. The first kappa shape index (κ1) is 17.9. The lowest BCUT2D eigenvalue weighted by Crippen LogP contribution is -2.55. The lowest BCUT2D eigenvalue weighted by Gasteiger charge is -2.37. The van der Waals surface area contributed by atoms with Crippen LogP contribution in [0.25, 0.3) is 0 Å². The van der Waals surface area contributed by atoms with Crippen molar-refractivity contribution in [2.45, 2.75) is 25.6 Å². The number of nitrogens with zero attached hydrogens (tertiary/aromatic N) is 3. The third-order valence-corrected chi connectivity index (χ3v) is 5.30. The number of carbonyl (C=O) groups is 1. The van der Waals surface area contributed by atoms with E-state index in [2.05, 4.69) is 38.2 Å². The van der Waals surface area contributed by atoms with E-state index in [1.165, 1.54) is 5.56 Å². The Morgan fingerprint density at radius 1 is 1.11 bits per heavy atom. The Kier molecular flexibility index (Phi) is 5.33. The summed E-state index contributed by atoms with van der Waals surface area (Å²) in [5.41, 5.74) is 10.0. The van der Waals surface area contributed by atoms with E-state index in [0.717, 1.165) is 43.9 Å². The average Bonchev–Trinajstić information content (AvgIpc) is 3.19. The summed E-state index contributed by atoms with van der Waals surface area (Å²) in [6.45, 7) is 5.22. The number of amides is 2. The molecule has 3 heterocycles. The van der Waals surface area contributed by atoms with Crippen LogP contribution in [-0.2, 0) is 0 Å². The van der Waals surface area contributed by atoms with Gasteiger partial charge in [-0.15, -0.1) is 0 Å². The number of hydrazine groups is 1. The van der Waals surface area contributed by atoms with E-state index in [9.17, 15) is 4.79 Å². The summed E-state index contributed by atoms with van der Waals surface area (Å²) in [5, 5.41) is 3.00. The second-order valence-electron chi connectivity index (χ2n) is 7.20. The lowest BCUT2D eigenvalue weighted by molar-refractivity contribution is 0.103. The van der Waals surface area contributed by atoms with Crippen molar-refractivity contribution in [3.63, 3.8) is 0 Å². The molecule has 2 aliphatic heterocycles. The van der Waals surface area contributed by atoms with Gasteiger partial charge in [0.2, 0.25) is 0 Å². The smallest absolute Gasteiger partial charge is 0.321 e. The molecule has 0 aliphatic carbocycles. The molecule has 3 N–H and O–H groups in total. The van der Waals surface area contributed by atoms with Gasteiger partial charge in [-0.2, -0.15) is 0 Å². The first-order chi connectivity index (χ1) is 13.2. The molecule has 2 amide bonds. The third kappa shape index (κ3) is 4.27. The van der Waals surface area contributed by atoms with Crippen LogP contribution >= 0.6 is 0 Å². The highest BCUT2D eigenvalue weighted by atomic mass is 16.2. The number of urea groups is 1. The second kappa shape index (κ2) is 8.04. The topological polar surface area (TPSA) is 72.5 Å². The fraction of sp³-hybridized carbons (Fsp3) is 0.400. The van der Waals surface area contributed by atoms with Crippen LogP contribution < -0.4 is 16.2 Å². The predicted octanol–water partition coefficient (Wildman–Crippen LogP) is 2.10. The van der Waals surface area contributed by atoms with Gasteiger partial charge in [0, 0.05) is 50.3 Å². The zero-order valence-electron chi connectivity index (χ0n) is 15.6. The van der Waals surface area contributed by atoms with Gasteiger partial charge >= 0.3 is 6.03 Å². The number of hydrogen-bond acceptors (Lipinski definition) is 5. The summed E-state index contributed by atoms with van der Waals surface area (Å²) in [6.07, 6.45) is 4.94. The summed E-state index contributed by atoms with van der Waals surface area (Å²) in [6, 6.07) is 12.3. The quantitative estimate of drug-likeness (QED) is 0.776. The highest BCUT2D eigenvalue weighted by Crippen LogP contribution is 2.24. The minimum atomic E-state index is -0.0209. The molecule has 142 valence electrons. The van der Waals surface area contributed by atoms with Gasteiger partial charge in [0.25, 0.3) is 0 Å². The van der Waals surface area contributed by atoms with E-state index in [-0.39, 0.29) is 12.2 Å². The summed E-state index contributed by atoms with van der Waals surface area (Å²) in [4.78, 5) is 20.9. The molecular formula is C20H26N6O. The van der Waals surface area contributed by atoms with Crippen molar-refractivity contribution in [1.29, 1.82) is 0 Å². The van der Waals surface area contributed by atoms with Crippen molar-refractivity contribution in [2.75, 3.05) is 31.5 Å². The molecule has 0 saturated carbocycles. The monoisotopic (exact) mass is 366 g/mol. The van der Waals surface area contributed by atoms with E-state index < -0.39 is 0 Å². The Morgan fingerprint density at radius 3 is 2.63 bits per heavy atom. The van der Waals surface area contributed by atoms with Crippen LogP contribution in [0.5, 0.6) is 0 Å². The summed E-state index contributed by atoms with van der Waals surface area (Å²) in [7, 11) is 0. The highest BCUT2D eigenvalue weighted by Gasteiger charge is 2.32. The Morgan fingerprint density at radius 2 is 1.89 bits per heavy atom. The number of benzene rings is 1. The van der Waals surface area contributed by atoms with Gasteiger partial charge in [-0.05, 0) is 48.7 Å². The van der Waals surface area contributed by atoms with Crippen LogP contribution in [0.15, 0.2) is 48.8 Å². The fourth-order valence-corrected chi connectivity index (χ4v) is 3.76. The Hall–Kier alpha value is -2.48. The molecule has 4 rings (SSSR count). The molecule has 0 radical (unpaired) electrons. The van der Waals surface area contributed by atoms with Gasteiger partial charge in [-0.3, -0.25) is 9.88 Å². The first-order valence-corrected chi connectivity index (χ1v) is 9.47. The van der Waals surface area contributed by atoms with Crippen molar-refractivity contribution in [2.24, 2.45) is 0 Å². The SMILES string of the molecule is Cc1cccc(NC(=O)N2CCN(C3CC(c4ccncc4)NN3)CC2)c1. The molecule has 7 heteroatoms. The maximum absolute atomic E-state index is 12.5. The third-order valence-electron chi connectivity index (χ3n) is 5.30. The van der Waals surface area contributed by atoms with E-state index >= 15 is 0 Å². The first-order valence-electron chi connectivity index (χ1n) is 9.47. The zero-order valence-corrected chi connectivity index (χ0v) is 15.6. The van der Waals surface area contributed by atoms with Gasteiger partial charge in [0.05, 0.1) is 6.17 Å². The molecule has 2 fully saturated rings. The Labute approximate surface area is 159 Å². The largest absolute Gasteiger partial charge is 0.322 e. The van der Waals surface area contributed by atoms with Crippen LogP contribution in [-0.4, -0.2) is 53.2 Å². The minimum Gasteiger partial charge on any atom is -0.322 e.